The molecule has 3 heteroatoms. The molecule has 0 aliphatic rings. The summed E-state index contributed by atoms with van der Waals surface area (Å²) in [7, 11) is 0. The van der Waals surface area contributed by atoms with E-state index in [0.29, 0.717) is 12.1 Å². The summed E-state index contributed by atoms with van der Waals surface area (Å²) < 4.78 is 0. The van der Waals surface area contributed by atoms with Crippen LogP contribution in [0.2, 0.25) is 0 Å². The van der Waals surface area contributed by atoms with Crippen molar-refractivity contribution >= 4 is 5.91 Å². The van der Waals surface area contributed by atoms with Gasteiger partial charge in [0.15, 0.2) is 0 Å². The summed E-state index contributed by atoms with van der Waals surface area (Å²) in [6, 6.07) is 7.27. The molecule has 0 spiro atoms. The summed E-state index contributed by atoms with van der Waals surface area (Å²) in [4.78, 5) is 11.8. The van der Waals surface area contributed by atoms with E-state index in [9.17, 15) is 4.79 Å². The first kappa shape index (κ1) is 15.3. The molecule has 0 saturated heterocycles. The molecular weight excluding hydrogens is 236 g/mol. The average molecular weight is 258 g/mol. The fourth-order valence-electron chi connectivity index (χ4n) is 1.71. The predicted molar refractivity (Wildman–Crippen MR) is 78.8 cm³/mol. The van der Waals surface area contributed by atoms with Crippen LogP contribution in [0.4, 0.5) is 0 Å². The molecule has 0 unspecified atom stereocenters. The molecule has 1 aromatic rings. The lowest BCUT2D eigenvalue weighted by Gasteiger charge is -2.05. The SMILES string of the molecule is CCCCCCNC(=O)c1ccc(C#CCN)cc1. The molecule has 0 aliphatic carbocycles. The number of nitrogens with one attached hydrogen (secondary N) is 1. The lowest BCUT2D eigenvalue weighted by Crippen LogP contribution is -2.24. The van der Waals surface area contributed by atoms with Crippen LogP contribution in [0.1, 0.15) is 48.5 Å². The smallest absolute Gasteiger partial charge is 0.251 e. The number of amides is 1. The minimum Gasteiger partial charge on any atom is -0.352 e. The van der Waals surface area contributed by atoms with E-state index in [-0.39, 0.29) is 5.91 Å². The Hall–Kier alpha value is -1.79. The molecular formula is C16H22N2O. The van der Waals surface area contributed by atoms with Crippen molar-refractivity contribution in [3.63, 3.8) is 0 Å². The number of unbranched alkanes of at least 4 members (excludes halogenated alkanes) is 3. The highest BCUT2D eigenvalue weighted by atomic mass is 16.1. The maximum Gasteiger partial charge on any atom is 0.251 e. The van der Waals surface area contributed by atoms with Gasteiger partial charge in [0.05, 0.1) is 6.54 Å². The van der Waals surface area contributed by atoms with Crippen molar-refractivity contribution in [1.29, 1.82) is 0 Å². The molecule has 0 radical (unpaired) electrons. The molecule has 1 aromatic carbocycles. The van der Waals surface area contributed by atoms with Crippen molar-refractivity contribution in [3.05, 3.63) is 35.4 Å². The van der Waals surface area contributed by atoms with Crippen LogP contribution in [-0.4, -0.2) is 19.0 Å². The Morgan fingerprint density at radius 3 is 2.58 bits per heavy atom. The lowest BCUT2D eigenvalue weighted by molar-refractivity contribution is 0.0953. The number of carbonyl (C=O) groups excluding carboxylic acids is 1. The Kier molecular flexibility index (Phi) is 7.38. The van der Waals surface area contributed by atoms with Gasteiger partial charge in [-0.25, -0.2) is 0 Å². The van der Waals surface area contributed by atoms with Crippen molar-refractivity contribution in [1.82, 2.24) is 5.32 Å². The molecule has 0 heterocycles. The van der Waals surface area contributed by atoms with E-state index in [1.54, 1.807) is 12.1 Å². The van der Waals surface area contributed by atoms with E-state index in [2.05, 4.69) is 24.1 Å². The number of carbonyl (C=O) groups is 1. The highest BCUT2D eigenvalue weighted by Crippen LogP contribution is 2.04. The van der Waals surface area contributed by atoms with Gasteiger partial charge in [-0.15, -0.1) is 0 Å². The summed E-state index contributed by atoms with van der Waals surface area (Å²) >= 11 is 0. The number of hydrogen-bond donors (Lipinski definition) is 2. The Bertz CT molecular complexity index is 440. The summed E-state index contributed by atoms with van der Waals surface area (Å²) in [6.45, 7) is 3.27. The Labute approximate surface area is 115 Å². The zero-order valence-corrected chi connectivity index (χ0v) is 11.5. The quantitative estimate of drug-likeness (QED) is 0.607. The normalized spacial score (nSPS) is 9.58. The highest BCUT2D eigenvalue weighted by Gasteiger charge is 2.03. The molecule has 19 heavy (non-hydrogen) atoms. The van der Waals surface area contributed by atoms with Crippen molar-refractivity contribution < 1.29 is 4.79 Å². The zero-order valence-electron chi connectivity index (χ0n) is 11.5. The summed E-state index contributed by atoms with van der Waals surface area (Å²) in [5.41, 5.74) is 6.86. The summed E-state index contributed by atoms with van der Waals surface area (Å²) in [6.07, 6.45) is 4.65. The van der Waals surface area contributed by atoms with Crippen LogP contribution >= 0.6 is 0 Å². The van der Waals surface area contributed by atoms with Crippen LogP contribution in [-0.2, 0) is 0 Å². The third-order valence-electron chi connectivity index (χ3n) is 2.80. The maximum atomic E-state index is 11.8. The Morgan fingerprint density at radius 1 is 1.21 bits per heavy atom. The molecule has 0 saturated carbocycles. The monoisotopic (exact) mass is 258 g/mol. The molecule has 1 rings (SSSR count). The van der Waals surface area contributed by atoms with E-state index in [4.69, 9.17) is 5.73 Å². The molecule has 1 amide bonds. The van der Waals surface area contributed by atoms with Gasteiger partial charge in [-0.3, -0.25) is 4.79 Å². The van der Waals surface area contributed by atoms with E-state index in [1.807, 2.05) is 12.1 Å². The number of rotatable bonds is 6. The van der Waals surface area contributed by atoms with Crippen molar-refractivity contribution in [2.75, 3.05) is 13.1 Å². The molecule has 102 valence electrons. The van der Waals surface area contributed by atoms with Gasteiger partial charge in [0.25, 0.3) is 5.91 Å². The van der Waals surface area contributed by atoms with Gasteiger partial charge in [0, 0.05) is 17.7 Å². The van der Waals surface area contributed by atoms with Gasteiger partial charge in [-0.1, -0.05) is 38.0 Å². The van der Waals surface area contributed by atoms with Gasteiger partial charge >= 0.3 is 0 Å². The topological polar surface area (TPSA) is 55.1 Å². The first-order valence-electron chi connectivity index (χ1n) is 6.85. The van der Waals surface area contributed by atoms with Crippen molar-refractivity contribution in [2.45, 2.75) is 32.6 Å². The van der Waals surface area contributed by atoms with Gasteiger partial charge in [0.2, 0.25) is 0 Å². The van der Waals surface area contributed by atoms with Crippen LogP contribution in [0.15, 0.2) is 24.3 Å². The van der Waals surface area contributed by atoms with E-state index in [0.717, 1.165) is 18.5 Å². The third-order valence-corrected chi connectivity index (χ3v) is 2.80. The van der Waals surface area contributed by atoms with Crippen molar-refractivity contribution in [3.8, 4) is 11.8 Å². The van der Waals surface area contributed by atoms with Gasteiger partial charge < -0.3 is 11.1 Å². The first-order chi connectivity index (χ1) is 9.27. The summed E-state index contributed by atoms with van der Waals surface area (Å²) in [5, 5.41) is 2.93. The number of hydrogen-bond acceptors (Lipinski definition) is 2. The molecule has 0 fully saturated rings. The zero-order chi connectivity index (χ0) is 13.9. The number of nitrogens with two attached hydrogens (primary N) is 1. The standard InChI is InChI=1S/C16H22N2O/c1-2-3-4-5-13-18-16(19)15-10-8-14(9-11-15)7-6-12-17/h8-11H,2-5,12-13,17H2,1H3,(H,18,19). The number of benzene rings is 1. The Balaban J connectivity index is 2.40. The minimum absolute atomic E-state index is 0.0187. The molecule has 0 aliphatic heterocycles. The fraction of sp³-hybridized carbons (Fsp3) is 0.438. The second-order valence-electron chi connectivity index (χ2n) is 4.40. The van der Waals surface area contributed by atoms with E-state index in [1.165, 1.54) is 19.3 Å². The largest absolute Gasteiger partial charge is 0.352 e. The van der Waals surface area contributed by atoms with Gasteiger partial charge in [0.1, 0.15) is 0 Å². The van der Waals surface area contributed by atoms with Crippen LogP contribution in [0, 0.1) is 11.8 Å². The van der Waals surface area contributed by atoms with Crippen LogP contribution in [0.25, 0.3) is 0 Å². The van der Waals surface area contributed by atoms with Gasteiger partial charge in [-0.05, 0) is 30.7 Å². The van der Waals surface area contributed by atoms with Gasteiger partial charge in [-0.2, -0.15) is 0 Å². The molecule has 0 aromatic heterocycles. The second-order valence-corrected chi connectivity index (χ2v) is 4.40. The summed E-state index contributed by atoms with van der Waals surface area (Å²) in [5.74, 6) is 5.70. The molecule has 0 atom stereocenters. The molecule has 3 nitrogen and oxygen atoms in total. The lowest BCUT2D eigenvalue weighted by atomic mass is 10.1. The molecule has 0 bridgehead atoms. The average Bonchev–Trinajstić information content (AvgIpc) is 2.45. The Morgan fingerprint density at radius 2 is 1.95 bits per heavy atom. The minimum atomic E-state index is -0.0187. The maximum absolute atomic E-state index is 11.8. The third kappa shape index (κ3) is 6.08. The van der Waals surface area contributed by atoms with Crippen LogP contribution in [0.5, 0.6) is 0 Å². The van der Waals surface area contributed by atoms with E-state index >= 15 is 0 Å². The van der Waals surface area contributed by atoms with Crippen molar-refractivity contribution in [2.24, 2.45) is 5.73 Å². The van der Waals surface area contributed by atoms with Crippen LogP contribution < -0.4 is 11.1 Å². The predicted octanol–water partition coefficient (Wildman–Crippen LogP) is 2.31. The van der Waals surface area contributed by atoms with Crippen LogP contribution in [0.3, 0.4) is 0 Å². The fourth-order valence-corrected chi connectivity index (χ4v) is 1.71. The highest BCUT2D eigenvalue weighted by molar-refractivity contribution is 5.94. The molecule has 3 N–H and O–H groups in total. The first-order valence-corrected chi connectivity index (χ1v) is 6.85. The van der Waals surface area contributed by atoms with E-state index < -0.39 is 0 Å². The second kappa shape index (κ2) is 9.18.